The number of amides is 1. The summed E-state index contributed by atoms with van der Waals surface area (Å²) in [5.41, 5.74) is 8.80. The van der Waals surface area contributed by atoms with Crippen molar-refractivity contribution in [3.63, 3.8) is 0 Å². The molecule has 0 unspecified atom stereocenters. The molecule has 0 bridgehead atoms. The Hall–Kier alpha value is -1.66. The highest BCUT2D eigenvalue weighted by atomic mass is 35.5. The highest BCUT2D eigenvalue weighted by molar-refractivity contribution is 7.80. The number of rotatable bonds is 5. The van der Waals surface area contributed by atoms with E-state index in [9.17, 15) is 4.79 Å². The summed E-state index contributed by atoms with van der Waals surface area (Å²) in [4.78, 5) is 11.7. The van der Waals surface area contributed by atoms with Crippen LogP contribution in [0, 0.1) is 0 Å². The molecule has 0 aliphatic rings. The van der Waals surface area contributed by atoms with E-state index in [1.54, 1.807) is 12.1 Å². The molecular weight excluding hydrogens is 272 g/mol. The monoisotopic (exact) mass is 284 g/mol. The minimum Gasteiger partial charge on any atom is -0.375 e. The van der Waals surface area contributed by atoms with Gasteiger partial charge in [-0.1, -0.05) is 18.2 Å². The SMILES string of the molecule is NC(=S)N/N=C(\CCl)CC(=O)Nc1ccccc1. The van der Waals surface area contributed by atoms with Crippen LogP contribution in [-0.4, -0.2) is 22.6 Å². The summed E-state index contributed by atoms with van der Waals surface area (Å²) in [6.45, 7) is 0. The Labute approximate surface area is 115 Å². The van der Waals surface area contributed by atoms with Crippen LogP contribution in [0.25, 0.3) is 0 Å². The summed E-state index contributed by atoms with van der Waals surface area (Å²) in [5, 5.41) is 6.58. The molecule has 0 heterocycles. The van der Waals surface area contributed by atoms with Crippen molar-refractivity contribution in [2.75, 3.05) is 11.2 Å². The molecular formula is C11H13ClN4OS. The number of nitrogens with zero attached hydrogens (tertiary/aromatic N) is 1. The maximum atomic E-state index is 11.7. The van der Waals surface area contributed by atoms with E-state index in [0.717, 1.165) is 5.69 Å². The Bertz CT molecular complexity index is 450. The molecule has 0 radical (unpaired) electrons. The van der Waals surface area contributed by atoms with Crippen LogP contribution in [-0.2, 0) is 4.79 Å². The van der Waals surface area contributed by atoms with Crippen LogP contribution >= 0.6 is 23.8 Å². The zero-order valence-electron chi connectivity index (χ0n) is 9.52. The van der Waals surface area contributed by atoms with Crippen molar-refractivity contribution >= 4 is 46.2 Å². The van der Waals surface area contributed by atoms with Crippen LogP contribution in [0.5, 0.6) is 0 Å². The van der Waals surface area contributed by atoms with Gasteiger partial charge in [-0.05, 0) is 24.4 Å². The maximum Gasteiger partial charge on any atom is 0.230 e. The van der Waals surface area contributed by atoms with E-state index in [2.05, 4.69) is 28.1 Å². The summed E-state index contributed by atoms with van der Waals surface area (Å²) in [7, 11) is 0. The average molecular weight is 285 g/mol. The van der Waals surface area contributed by atoms with Gasteiger partial charge in [0, 0.05) is 5.69 Å². The lowest BCUT2D eigenvalue weighted by molar-refractivity contribution is -0.115. The number of halogens is 1. The van der Waals surface area contributed by atoms with Crippen LogP contribution in [0.3, 0.4) is 0 Å². The lowest BCUT2D eigenvalue weighted by Gasteiger charge is -2.06. The fraction of sp³-hybridized carbons (Fsp3) is 0.182. The van der Waals surface area contributed by atoms with Gasteiger partial charge in [0.2, 0.25) is 5.91 Å². The summed E-state index contributed by atoms with van der Waals surface area (Å²) in [6, 6.07) is 9.12. The fourth-order valence-corrected chi connectivity index (χ4v) is 1.36. The normalized spacial score (nSPS) is 10.8. The molecule has 0 aromatic heterocycles. The van der Waals surface area contributed by atoms with Crippen molar-refractivity contribution in [2.45, 2.75) is 6.42 Å². The van der Waals surface area contributed by atoms with Crippen LogP contribution in [0.1, 0.15) is 6.42 Å². The summed E-state index contributed by atoms with van der Waals surface area (Å²) >= 11 is 10.3. The molecule has 5 nitrogen and oxygen atoms in total. The van der Waals surface area contributed by atoms with E-state index in [0.29, 0.717) is 5.71 Å². The number of anilines is 1. The fourth-order valence-electron chi connectivity index (χ4n) is 1.16. The quantitative estimate of drug-likeness (QED) is 0.331. The van der Waals surface area contributed by atoms with Crippen LogP contribution in [0.2, 0.25) is 0 Å². The molecule has 18 heavy (non-hydrogen) atoms. The Balaban J connectivity index is 2.52. The molecule has 1 rings (SSSR count). The van der Waals surface area contributed by atoms with Gasteiger partial charge in [0.25, 0.3) is 0 Å². The number of para-hydroxylation sites is 1. The van der Waals surface area contributed by atoms with Gasteiger partial charge < -0.3 is 11.1 Å². The van der Waals surface area contributed by atoms with Gasteiger partial charge in [-0.2, -0.15) is 5.10 Å². The van der Waals surface area contributed by atoms with Gasteiger partial charge in [-0.15, -0.1) is 11.6 Å². The molecule has 96 valence electrons. The van der Waals surface area contributed by atoms with Gasteiger partial charge in [0.15, 0.2) is 5.11 Å². The largest absolute Gasteiger partial charge is 0.375 e. The van der Waals surface area contributed by atoms with E-state index in [4.69, 9.17) is 17.3 Å². The second-order valence-corrected chi connectivity index (χ2v) is 4.09. The third-order valence-corrected chi connectivity index (χ3v) is 2.30. The predicted octanol–water partition coefficient (Wildman–Crippen LogP) is 1.44. The second kappa shape index (κ2) is 7.62. The molecule has 0 aliphatic heterocycles. The Kier molecular flexibility index (Phi) is 6.10. The first-order valence-electron chi connectivity index (χ1n) is 5.13. The van der Waals surface area contributed by atoms with Crippen molar-refractivity contribution in [2.24, 2.45) is 10.8 Å². The first-order valence-corrected chi connectivity index (χ1v) is 6.08. The molecule has 7 heteroatoms. The lowest BCUT2D eigenvalue weighted by Crippen LogP contribution is -2.27. The third kappa shape index (κ3) is 5.60. The number of thiocarbonyl (C=S) groups is 1. The number of nitrogens with two attached hydrogens (primary N) is 1. The molecule has 0 atom stereocenters. The minimum absolute atomic E-state index is 0.0288. The van der Waals surface area contributed by atoms with Gasteiger partial charge in [0.1, 0.15) is 0 Å². The number of hydrogen-bond acceptors (Lipinski definition) is 3. The van der Waals surface area contributed by atoms with Gasteiger partial charge in [-0.3, -0.25) is 10.2 Å². The molecule has 0 spiro atoms. The minimum atomic E-state index is -0.203. The summed E-state index contributed by atoms with van der Waals surface area (Å²) in [5.74, 6) is -0.0805. The smallest absolute Gasteiger partial charge is 0.230 e. The molecule has 4 N–H and O–H groups in total. The molecule has 0 fully saturated rings. The van der Waals surface area contributed by atoms with E-state index in [-0.39, 0.29) is 23.3 Å². The zero-order valence-corrected chi connectivity index (χ0v) is 11.1. The van der Waals surface area contributed by atoms with E-state index >= 15 is 0 Å². The van der Waals surface area contributed by atoms with Crippen molar-refractivity contribution in [1.82, 2.24) is 5.43 Å². The molecule has 0 saturated carbocycles. The van der Waals surface area contributed by atoms with Gasteiger partial charge >= 0.3 is 0 Å². The molecule has 0 saturated heterocycles. The van der Waals surface area contributed by atoms with E-state index in [1.165, 1.54) is 0 Å². The van der Waals surface area contributed by atoms with Crippen LogP contribution in [0.15, 0.2) is 35.4 Å². The Morgan fingerprint density at radius 2 is 2.06 bits per heavy atom. The lowest BCUT2D eigenvalue weighted by atomic mass is 10.2. The first kappa shape index (κ1) is 14.4. The van der Waals surface area contributed by atoms with E-state index < -0.39 is 0 Å². The number of carbonyl (C=O) groups is 1. The average Bonchev–Trinajstić information content (AvgIpc) is 2.35. The molecule has 1 amide bonds. The standard InChI is InChI=1S/C11H13ClN4OS/c12-7-9(15-16-11(13)18)6-10(17)14-8-4-2-1-3-5-8/h1-5H,6-7H2,(H,14,17)(H3,13,16,18)/b15-9-. The highest BCUT2D eigenvalue weighted by Gasteiger charge is 2.07. The Morgan fingerprint density at radius 3 is 2.61 bits per heavy atom. The van der Waals surface area contributed by atoms with Crippen molar-refractivity contribution in [3.8, 4) is 0 Å². The third-order valence-electron chi connectivity index (χ3n) is 1.90. The molecule has 1 aromatic carbocycles. The highest BCUT2D eigenvalue weighted by Crippen LogP contribution is 2.05. The number of hydrogen-bond donors (Lipinski definition) is 3. The maximum absolute atomic E-state index is 11.7. The van der Waals surface area contributed by atoms with Gasteiger partial charge in [0.05, 0.1) is 18.0 Å². The van der Waals surface area contributed by atoms with Gasteiger partial charge in [-0.25, -0.2) is 0 Å². The first-order chi connectivity index (χ1) is 8.61. The van der Waals surface area contributed by atoms with E-state index in [1.807, 2.05) is 18.2 Å². The molecule has 0 aliphatic carbocycles. The summed E-state index contributed by atoms with van der Waals surface area (Å²) < 4.78 is 0. The number of carbonyl (C=O) groups excluding carboxylic acids is 1. The number of benzene rings is 1. The zero-order chi connectivity index (χ0) is 13.4. The van der Waals surface area contributed by atoms with Crippen molar-refractivity contribution < 1.29 is 4.79 Å². The van der Waals surface area contributed by atoms with Crippen molar-refractivity contribution in [3.05, 3.63) is 30.3 Å². The second-order valence-electron chi connectivity index (χ2n) is 3.38. The summed E-state index contributed by atoms with van der Waals surface area (Å²) in [6.07, 6.45) is 0.0774. The number of nitrogens with one attached hydrogen (secondary N) is 2. The van der Waals surface area contributed by atoms with Crippen LogP contribution < -0.4 is 16.5 Å². The van der Waals surface area contributed by atoms with Crippen LogP contribution in [0.4, 0.5) is 5.69 Å². The predicted molar refractivity (Wildman–Crippen MR) is 77.8 cm³/mol. The molecule has 1 aromatic rings. The number of alkyl halides is 1. The number of hydrazone groups is 1. The topological polar surface area (TPSA) is 79.5 Å². The Morgan fingerprint density at radius 1 is 1.39 bits per heavy atom. The van der Waals surface area contributed by atoms with Crippen molar-refractivity contribution in [1.29, 1.82) is 0 Å².